The van der Waals surface area contributed by atoms with Gasteiger partial charge in [0.1, 0.15) is 18.1 Å². The Morgan fingerprint density at radius 3 is 2.75 bits per heavy atom. The predicted octanol–water partition coefficient (Wildman–Crippen LogP) is 2.59. The number of aryl methyl sites for hydroxylation is 1. The number of phenols is 1. The van der Waals surface area contributed by atoms with Crippen molar-refractivity contribution in [1.29, 1.82) is 0 Å². The summed E-state index contributed by atoms with van der Waals surface area (Å²) in [6.45, 7) is 2.76. The highest BCUT2D eigenvalue weighted by Gasteiger charge is 2.00. The Balaban J connectivity index is 2.05. The highest BCUT2D eigenvalue weighted by Crippen LogP contribution is 2.19. The number of hydrogen-bond donors (Lipinski definition) is 2. The van der Waals surface area contributed by atoms with E-state index in [4.69, 9.17) is 10.5 Å². The Labute approximate surface area is 119 Å². The summed E-state index contributed by atoms with van der Waals surface area (Å²) in [7, 11) is 0. The Morgan fingerprint density at radius 2 is 2.05 bits per heavy atom. The van der Waals surface area contributed by atoms with Crippen molar-refractivity contribution in [2.75, 3.05) is 6.54 Å². The van der Waals surface area contributed by atoms with Gasteiger partial charge in [-0.1, -0.05) is 24.0 Å². The number of ether oxygens (including phenoxy) is 1. The molecule has 0 aliphatic rings. The quantitative estimate of drug-likeness (QED) is 0.840. The minimum Gasteiger partial charge on any atom is -0.508 e. The molecule has 20 heavy (non-hydrogen) atoms. The minimum absolute atomic E-state index is 0.245. The van der Waals surface area contributed by atoms with Gasteiger partial charge in [-0.2, -0.15) is 0 Å². The Bertz CT molecular complexity index is 654. The lowest BCUT2D eigenvalue weighted by molar-refractivity contribution is 0.305. The second-order valence-corrected chi connectivity index (χ2v) is 4.44. The molecule has 0 spiro atoms. The molecule has 0 atom stereocenters. The van der Waals surface area contributed by atoms with Gasteiger partial charge in [-0.25, -0.2) is 0 Å². The molecular weight excluding hydrogens is 250 g/mol. The van der Waals surface area contributed by atoms with E-state index >= 15 is 0 Å². The monoisotopic (exact) mass is 267 g/mol. The van der Waals surface area contributed by atoms with E-state index in [1.54, 1.807) is 18.2 Å². The summed E-state index contributed by atoms with van der Waals surface area (Å²) >= 11 is 0. The van der Waals surface area contributed by atoms with Crippen LogP contribution in [0.2, 0.25) is 0 Å². The van der Waals surface area contributed by atoms with Gasteiger partial charge in [0.25, 0.3) is 0 Å². The van der Waals surface area contributed by atoms with E-state index < -0.39 is 0 Å². The standard InChI is InChI=1S/C17H17NO2/c1-13-10-17(8-7-15(13)5-3-9-18)20-12-14-4-2-6-16(19)11-14/h2,4,6-8,10-11,19H,9,12,18H2,1H3. The normalized spacial score (nSPS) is 9.70. The summed E-state index contributed by atoms with van der Waals surface area (Å²) in [5, 5.41) is 9.39. The van der Waals surface area contributed by atoms with Crippen LogP contribution in [-0.2, 0) is 6.61 Å². The number of aromatic hydroxyl groups is 1. The fraction of sp³-hybridized carbons (Fsp3) is 0.176. The second-order valence-electron chi connectivity index (χ2n) is 4.44. The average Bonchev–Trinajstić information content (AvgIpc) is 2.44. The molecule has 0 saturated carbocycles. The molecule has 0 heterocycles. The van der Waals surface area contributed by atoms with Gasteiger partial charge in [0.15, 0.2) is 0 Å². The molecular formula is C17H17NO2. The molecule has 0 aromatic heterocycles. The van der Waals surface area contributed by atoms with E-state index in [9.17, 15) is 5.11 Å². The largest absolute Gasteiger partial charge is 0.508 e. The first-order chi connectivity index (χ1) is 9.69. The van der Waals surface area contributed by atoms with Gasteiger partial charge in [0.2, 0.25) is 0 Å². The maximum Gasteiger partial charge on any atom is 0.120 e. The SMILES string of the molecule is Cc1cc(OCc2cccc(O)c2)ccc1C#CCN. The number of rotatable bonds is 3. The topological polar surface area (TPSA) is 55.5 Å². The summed E-state index contributed by atoms with van der Waals surface area (Å²) in [5.74, 6) is 6.88. The van der Waals surface area contributed by atoms with Crippen molar-refractivity contribution in [3.63, 3.8) is 0 Å². The molecule has 0 amide bonds. The zero-order chi connectivity index (χ0) is 14.4. The molecule has 2 rings (SSSR count). The lowest BCUT2D eigenvalue weighted by Crippen LogP contribution is -1.96. The van der Waals surface area contributed by atoms with Crippen LogP contribution in [0.1, 0.15) is 16.7 Å². The fourth-order valence-electron chi connectivity index (χ4n) is 1.83. The highest BCUT2D eigenvalue weighted by molar-refractivity contribution is 5.44. The first-order valence-corrected chi connectivity index (χ1v) is 6.39. The summed E-state index contributed by atoms with van der Waals surface area (Å²) in [5.41, 5.74) is 8.30. The molecule has 0 fully saturated rings. The zero-order valence-corrected chi connectivity index (χ0v) is 11.4. The van der Waals surface area contributed by atoms with Crippen LogP contribution in [0.15, 0.2) is 42.5 Å². The summed E-state index contributed by atoms with van der Waals surface area (Å²) < 4.78 is 5.70. The Kier molecular flexibility index (Phi) is 4.65. The van der Waals surface area contributed by atoms with Gasteiger partial charge in [0.05, 0.1) is 6.54 Å². The third-order valence-electron chi connectivity index (χ3n) is 2.84. The lowest BCUT2D eigenvalue weighted by atomic mass is 10.1. The van der Waals surface area contributed by atoms with E-state index in [2.05, 4.69) is 11.8 Å². The lowest BCUT2D eigenvalue weighted by Gasteiger charge is -2.08. The van der Waals surface area contributed by atoms with Crippen molar-refractivity contribution in [3.05, 3.63) is 59.2 Å². The van der Waals surface area contributed by atoms with Gasteiger partial charge in [-0.15, -0.1) is 0 Å². The molecule has 3 N–H and O–H groups in total. The van der Waals surface area contributed by atoms with Crippen molar-refractivity contribution in [2.45, 2.75) is 13.5 Å². The molecule has 102 valence electrons. The third kappa shape index (κ3) is 3.78. The Hall–Kier alpha value is -2.44. The van der Waals surface area contributed by atoms with Gasteiger partial charge in [0, 0.05) is 5.56 Å². The van der Waals surface area contributed by atoms with Crippen LogP contribution < -0.4 is 10.5 Å². The smallest absolute Gasteiger partial charge is 0.120 e. The van der Waals surface area contributed by atoms with Crippen molar-refractivity contribution in [1.82, 2.24) is 0 Å². The maximum absolute atomic E-state index is 9.39. The summed E-state index contributed by atoms with van der Waals surface area (Å²) in [6, 6.07) is 12.8. The van der Waals surface area contributed by atoms with Crippen LogP contribution in [-0.4, -0.2) is 11.7 Å². The molecule has 0 bridgehead atoms. The zero-order valence-electron chi connectivity index (χ0n) is 11.4. The van der Waals surface area contributed by atoms with Crippen molar-refractivity contribution in [3.8, 4) is 23.3 Å². The number of benzene rings is 2. The van der Waals surface area contributed by atoms with E-state index in [1.165, 1.54) is 0 Å². The predicted molar refractivity (Wildman–Crippen MR) is 79.6 cm³/mol. The minimum atomic E-state index is 0.245. The molecule has 0 aliphatic heterocycles. The molecule has 0 unspecified atom stereocenters. The first kappa shape index (κ1) is 14.0. The summed E-state index contributed by atoms with van der Waals surface area (Å²) in [4.78, 5) is 0. The summed E-state index contributed by atoms with van der Waals surface area (Å²) in [6.07, 6.45) is 0. The Morgan fingerprint density at radius 1 is 1.20 bits per heavy atom. The van der Waals surface area contributed by atoms with Crippen LogP contribution in [0, 0.1) is 18.8 Å². The molecule has 0 saturated heterocycles. The van der Waals surface area contributed by atoms with Gasteiger partial charge in [-0.3, -0.25) is 0 Å². The van der Waals surface area contributed by atoms with Crippen molar-refractivity contribution >= 4 is 0 Å². The first-order valence-electron chi connectivity index (χ1n) is 6.39. The van der Waals surface area contributed by atoms with E-state index in [0.717, 1.165) is 22.4 Å². The molecule has 3 nitrogen and oxygen atoms in total. The van der Waals surface area contributed by atoms with Crippen LogP contribution in [0.25, 0.3) is 0 Å². The number of phenolic OH excluding ortho intramolecular Hbond substituents is 1. The average molecular weight is 267 g/mol. The van der Waals surface area contributed by atoms with Gasteiger partial charge < -0.3 is 15.6 Å². The molecule has 3 heteroatoms. The second kappa shape index (κ2) is 6.65. The molecule has 2 aromatic rings. The fourth-order valence-corrected chi connectivity index (χ4v) is 1.83. The van der Waals surface area contributed by atoms with E-state index in [1.807, 2.05) is 31.2 Å². The molecule has 0 radical (unpaired) electrons. The van der Waals surface area contributed by atoms with Crippen LogP contribution in [0.3, 0.4) is 0 Å². The highest BCUT2D eigenvalue weighted by atomic mass is 16.5. The van der Waals surface area contributed by atoms with Crippen molar-refractivity contribution < 1.29 is 9.84 Å². The van der Waals surface area contributed by atoms with Gasteiger partial charge in [-0.05, 0) is 48.4 Å². The van der Waals surface area contributed by atoms with E-state index in [-0.39, 0.29) is 5.75 Å². The molecule has 2 aromatic carbocycles. The number of nitrogens with two attached hydrogens (primary N) is 1. The van der Waals surface area contributed by atoms with Crippen molar-refractivity contribution in [2.24, 2.45) is 5.73 Å². The molecule has 0 aliphatic carbocycles. The third-order valence-corrected chi connectivity index (χ3v) is 2.84. The van der Waals surface area contributed by atoms with Crippen LogP contribution in [0.5, 0.6) is 11.5 Å². The van der Waals surface area contributed by atoms with Gasteiger partial charge >= 0.3 is 0 Å². The number of hydrogen-bond acceptors (Lipinski definition) is 3. The van der Waals surface area contributed by atoms with Crippen LogP contribution >= 0.6 is 0 Å². The maximum atomic E-state index is 9.39. The van der Waals surface area contributed by atoms with E-state index in [0.29, 0.717) is 13.2 Å². The van der Waals surface area contributed by atoms with Crippen LogP contribution in [0.4, 0.5) is 0 Å².